The Bertz CT molecular complexity index is 1760. The lowest BCUT2D eigenvalue weighted by Crippen LogP contribution is -2.65. The quantitative estimate of drug-likeness (QED) is 0.0204. The number of nitrogens with one attached hydrogen (secondary N) is 1. The molecule has 2 aliphatic heterocycles. The van der Waals surface area contributed by atoms with Gasteiger partial charge < -0.3 is 65.1 Å². The maximum Gasteiger partial charge on any atom is 0.220 e. The van der Waals surface area contributed by atoms with Gasteiger partial charge in [0, 0.05) is 6.42 Å². The molecule has 83 heavy (non-hydrogen) atoms. The molecule has 0 bridgehead atoms. The Morgan fingerprint density at radius 2 is 0.831 bits per heavy atom. The zero-order valence-corrected chi connectivity index (χ0v) is 51.7. The van der Waals surface area contributed by atoms with Crippen molar-refractivity contribution >= 4 is 5.91 Å². The van der Waals surface area contributed by atoms with Gasteiger partial charge in [0.25, 0.3) is 0 Å². The lowest BCUT2D eigenvalue weighted by Gasteiger charge is -2.46. The van der Waals surface area contributed by atoms with Crippen LogP contribution >= 0.6 is 0 Å². The van der Waals surface area contributed by atoms with Crippen LogP contribution < -0.4 is 5.32 Å². The van der Waals surface area contributed by atoms with Crippen molar-refractivity contribution < 1.29 is 64.6 Å². The topological polar surface area (TPSA) is 228 Å². The molecule has 0 aromatic heterocycles. The van der Waals surface area contributed by atoms with E-state index in [1.807, 2.05) is 0 Å². The highest BCUT2D eigenvalue weighted by Crippen LogP contribution is 2.30. The van der Waals surface area contributed by atoms with Crippen LogP contribution in [0.1, 0.15) is 239 Å². The van der Waals surface area contributed by atoms with Crippen LogP contribution in [-0.4, -0.2) is 140 Å². The third-order valence-corrected chi connectivity index (χ3v) is 15.6. The summed E-state index contributed by atoms with van der Waals surface area (Å²) in [4.78, 5) is 13.3. The van der Waals surface area contributed by atoms with E-state index in [0.717, 1.165) is 103 Å². The van der Waals surface area contributed by atoms with Gasteiger partial charge in [0.2, 0.25) is 5.91 Å². The van der Waals surface area contributed by atoms with Crippen molar-refractivity contribution in [3.63, 3.8) is 0 Å². The van der Waals surface area contributed by atoms with Crippen LogP contribution in [0.25, 0.3) is 0 Å². The van der Waals surface area contributed by atoms with Crippen LogP contribution in [0.15, 0.2) is 97.2 Å². The van der Waals surface area contributed by atoms with E-state index in [9.17, 15) is 45.6 Å². The molecule has 0 aliphatic carbocycles. The molecule has 0 aromatic rings. The molecule has 2 rings (SSSR count). The van der Waals surface area contributed by atoms with Crippen LogP contribution in [0.2, 0.25) is 0 Å². The van der Waals surface area contributed by atoms with E-state index in [1.54, 1.807) is 0 Å². The van der Waals surface area contributed by atoms with E-state index < -0.39 is 86.8 Å². The predicted octanol–water partition coefficient (Wildman–Crippen LogP) is 12.6. The van der Waals surface area contributed by atoms with Gasteiger partial charge in [-0.3, -0.25) is 4.79 Å². The number of carbonyl (C=O) groups is 1. The minimum absolute atomic E-state index is 0.233. The number of ether oxygens (including phenoxy) is 4. The Kier molecular flexibility index (Phi) is 48.7. The fraction of sp³-hybridized carbons (Fsp3) is 0.754. The molecule has 0 spiro atoms. The first-order valence-corrected chi connectivity index (χ1v) is 33.0. The van der Waals surface area contributed by atoms with Gasteiger partial charge in [-0.15, -0.1) is 0 Å². The molecular weight excluding hydrogens is 1050 g/mol. The molecule has 9 N–H and O–H groups in total. The Morgan fingerprint density at radius 1 is 0.446 bits per heavy atom. The third-order valence-electron chi connectivity index (χ3n) is 15.6. The fourth-order valence-electron chi connectivity index (χ4n) is 10.3. The van der Waals surface area contributed by atoms with Crippen LogP contribution in [0.5, 0.6) is 0 Å². The van der Waals surface area contributed by atoms with Crippen molar-refractivity contribution in [2.75, 3.05) is 19.8 Å². The smallest absolute Gasteiger partial charge is 0.220 e. The number of carbonyl (C=O) groups excluding carboxylic acids is 1. The minimum atomic E-state index is -1.79. The normalized spacial score (nSPS) is 24.5. The lowest BCUT2D eigenvalue weighted by molar-refractivity contribution is -0.359. The first-order valence-electron chi connectivity index (χ1n) is 33.0. The summed E-state index contributed by atoms with van der Waals surface area (Å²) in [6.45, 7) is 2.74. The number of hydrogen-bond donors (Lipinski definition) is 9. The van der Waals surface area contributed by atoms with E-state index in [-0.39, 0.29) is 18.9 Å². The van der Waals surface area contributed by atoms with Gasteiger partial charge in [0.1, 0.15) is 48.8 Å². The van der Waals surface area contributed by atoms with Gasteiger partial charge >= 0.3 is 0 Å². The van der Waals surface area contributed by atoms with Crippen molar-refractivity contribution in [1.82, 2.24) is 5.32 Å². The number of hydrogen-bond acceptors (Lipinski definition) is 13. The Labute approximate surface area is 503 Å². The maximum absolute atomic E-state index is 13.3. The summed E-state index contributed by atoms with van der Waals surface area (Å²) in [7, 11) is 0. The molecule has 0 aromatic carbocycles. The van der Waals surface area contributed by atoms with Crippen LogP contribution in [0.4, 0.5) is 0 Å². The molecule has 12 atom stereocenters. The van der Waals surface area contributed by atoms with Crippen LogP contribution in [0, 0.1) is 0 Å². The summed E-state index contributed by atoms with van der Waals surface area (Å²) >= 11 is 0. The molecule has 12 unspecified atom stereocenters. The summed E-state index contributed by atoms with van der Waals surface area (Å²) in [6.07, 6.45) is 56.8. The molecule has 2 aliphatic rings. The molecule has 0 saturated carbocycles. The predicted molar refractivity (Wildman–Crippen MR) is 336 cm³/mol. The zero-order valence-electron chi connectivity index (χ0n) is 51.7. The van der Waals surface area contributed by atoms with Gasteiger partial charge in [-0.05, 0) is 77.0 Å². The molecule has 2 heterocycles. The van der Waals surface area contributed by atoms with Crippen molar-refractivity contribution in [1.29, 1.82) is 0 Å². The third kappa shape index (κ3) is 37.9. The monoisotopic (exact) mass is 1170 g/mol. The highest BCUT2D eigenvalue weighted by molar-refractivity contribution is 5.76. The van der Waals surface area contributed by atoms with Gasteiger partial charge in [-0.25, -0.2) is 0 Å². The lowest BCUT2D eigenvalue weighted by atomic mass is 9.97. The fourth-order valence-corrected chi connectivity index (χ4v) is 10.3. The number of aliphatic hydroxyl groups excluding tert-OH is 8. The number of amides is 1. The van der Waals surface area contributed by atoms with Gasteiger partial charge in [0.15, 0.2) is 12.6 Å². The first-order chi connectivity index (χ1) is 40.6. The molecule has 2 fully saturated rings. The molecule has 1 amide bonds. The zero-order chi connectivity index (χ0) is 60.2. The molecule has 478 valence electrons. The SMILES string of the molecule is CC/C=C\C/C=C\C/C=C\C/C=C\C/C=C\C/C=C\C/C=C\C/C=C\CCCCCCC(=O)NC(COC1OC(CO)C(OC2OC(CO)C(O)C(O)C2O)C(O)C1O)C(O)CCCCCCCCCCCCCCCCCCCCCC. The second kappa shape index (κ2) is 53.2. The van der Waals surface area contributed by atoms with Crippen molar-refractivity contribution in [3.8, 4) is 0 Å². The van der Waals surface area contributed by atoms with Gasteiger partial charge in [-0.1, -0.05) is 252 Å². The Hall–Kier alpha value is -3.09. The van der Waals surface area contributed by atoms with Crippen LogP contribution in [0.3, 0.4) is 0 Å². The van der Waals surface area contributed by atoms with Gasteiger partial charge in [0.05, 0.1) is 32.0 Å². The highest BCUT2D eigenvalue weighted by atomic mass is 16.7. The number of allylic oxidation sites excluding steroid dienone is 16. The van der Waals surface area contributed by atoms with Crippen LogP contribution in [-0.2, 0) is 23.7 Å². The summed E-state index contributed by atoms with van der Waals surface area (Å²) < 4.78 is 22.9. The largest absolute Gasteiger partial charge is 0.394 e. The van der Waals surface area contributed by atoms with E-state index in [4.69, 9.17) is 18.9 Å². The van der Waals surface area contributed by atoms with Gasteiger partial charge in [-0.2, -0.15) is 0 Å². The second-order valence-corrected chi connectivity index (χ2v) is 22.9. The first kappa shape index (κ1) is 76.0. The highest BCUT2D eigenvalue weighted by Gasteiger charge is 2.51. The van der Waals surface area contributed by atoms with E-state index in [0.29, 0.717) is 12.8 Å². The van der Waals surface area contributed by atoms with Crippen molar-refractivity contribution in [3.05, 3.63) is 97.2 Å². The average molecular weight is 1170 g/mol. The van der Waals surface area contributed by atoms with Crippen molar-refractivity contribution in [2.24, 2.45) is 0 Å². The molecule has 14 nitrogen and oxygen atoms in total. The van der Waals surface area contributed by atoms with E-state index in [1.165, 1.54) is 103 Å². The second-order valence-electron chi connectivity index (χ2n) is 22.9. The summed E-state index contributed by atoms with van der Waals surface area (Å²) in [5.74, 6) is -0.233. The molecule has 14 heteroatoms. The summed E-state index contributed by atoms with van der Waals surface area (Å²) in [5.41, 5.74) is 0. The Balaban J connectivity index is 1.73. The maximum atomic E-state index is 13.3. The van der Waals surface area contributed by atoms with E-state index >= 15 is 0 Å². The molecular formula is C69H119NO13. The van der Waals surface area contributed by atoms with Crippen molar-refractivity contribution in [2.45, 2.75) is 312 Å². The average Bonchev–Trinajstić information content (AvgIpc) is 3.65. The number of unbranched alkanes of at least 4 members (excludes halogenated alkanes) is 23. The number of aliphatic hydroxyl groups is 8. The molecule has 2 saturated heterocycles. The number of rotatable bonds is 52. The molecule has 0 radical (unpaired) electrons. The Morgan fingerprint density at radius 3 is 1.28 bits per heavy atom. The summed E-state index contributed by atoms with van der Waals surface area (Å²) in [5, 5.41) is 87.5. The van der Waals surface area contributed by atoms with E-state index in [2.05, 4.69) is 116 Å². The summed E-state index contributed by atoms with van der Waals surface area (Å²) in [6, 6.07) is -0.851. The standard InChI is InChI=1S/C69H119NO13/c1-3-5-7-9-11-13-15-17-19-21-23-25-26-27-28-29-30-31-32-33-35-37-39-41-43-45-47-49-51-53-61(74)70-57(58(73)52-50-48-46-44-42-40-38-36-34-24-22-20-18-16-14-12-10-8-6-4-2)56-80-68-66(79)64(77)67(60(55-72)82-68)83-69-65(78)63(76)62(75)59(54-71)81-69/h5,7,11,13,17,19,23,25,27-28,30-31,33,35,39,41,57-60,62-69,71-73,75-79H,3-4,6,8-10,12,14-16,18,20-22,24,26,29,32,34,36-38,40,42-56H2,1-2H3,(H,70,74)/b7-5-,13-11-,19-17-,25-23-,28-27-,31-30-,35-33-,41-39-. The minimum Gasteiger partial charge on any atom is -0.394 e.